The molecule has 7 rings (SSSR count). The number of anilines is 1. The molecule has 2 atom stereocenters. The molecule has 12 heteroatoms. The summed E-state index contributed by atoms with van der Waals surface area (Å²) in [7, 11) is 3.83. The molecule has 2 amide bonds. The fraction of sp³-hybridized carbons (Fsp3) is 0.426. The van der Waals surface area contributed by atoms with E-state index in [9.17, 15) is 9.59 Å². The second-order valence-corrected chi connectivity index (χ2v) is 17.0. The molecule has 2 unspecified atom stereocenters. The monoisotopic (exact) mass is 838 g/mol. The van der Waals surface area contributed by atoms with Crippen molar-refractivity contribution in [2.24, 2.45) is 5.92 Å². The Morgan fingerprint density at radius 1 is 0.814 bits per heavy atom. The molecule has 0 aromatic heterocycles. The Morgan fingerprint density at radius 2 is 1.54 bits per heavy atom. The summed E-state index contributed by atoms with van der Waals surface area (Å²) in [6.07, 6.45) is 10.6. The summed E-state index contributed by atoms with van der Waals surface area (Å²) in [5, 5.41) is 22.8. The van der Waals surface area contributed by atoms with Crippen molar-refractivity contribution in [1.29, 1.82) is 5.41 Å². The molecular weight excluding hydrogens is 783 g/mol. The summed E-state index contributed by atoms with van der Waals surface area (Å²) in [6, 6.07) is 22.1. The van der Waals surface area contributed by atoms with Crippen molar-refractivity contribution >= 4 is 46.9 Å². The summed E-state index contributed by atoms with van der Waals surface area (Å²) < 4.78 is 12.2. The van der Waals surface area contributed by atoms with Gasteiger partial charge in [-0.2, -0.15) is 0 Å². The average Bonchev–Trinajstić information content (AvgIpc) is 3.86. The van der Waals surface area contributed by atoms with Crippen LogP contribution >= 0.6 is 23.2 Å². The predicted molar refractivity (Wildman–Crippen MR) is 238 cm³/mol. The number of methoxy groups -OCH3 is 1. The molecule has 10 nitrogen and oxygen atoms in total. The number of rotatable bonds is 18. The maximum absolute atomic E-state index is 11.9. The maximum Gasteiger partial charge on any atom is 0.220 e. The molecule has 3 fully saturated rings. The molecule has 3 aliphatic rings. The van der Waals surface area contributed by atoms with E-state index >= 15 is 0 Å². The zero-order valence-electron chi connectivity index (χ0n) is 34.1. The first-order valence-electron chi connectivity index (χ1n) is 20.9. The number of halogens is 2. The van der Waals surface area contributed by atoms with Gasteiger partial charge >= 0.3 is 0 Å². The molecule has 1 aliphatic carbocycles. The lowest BCUT2D eigenvalue weighted by atomic mass is 9.89. The molecule has 2 aliphatic heterocycles. The zero-order chi connectivity index (χ0) is 41.3. The minimum absolute atomic E-state index is 0.0155. The van der Waals surface area contributed by atoms with Gasteiger partial charge in [0.1, 0.15) is 18.1 Å². The Hall–Kier alpha value is -4.61. The second-order valence-electron chi connectivity index (χ2n) is 16.3. The molecule has 59 heavy (non-hydrogen) atoms. The van der Waals surface area contributed by atoms with Crippen molar-refractivity contribution in [3.8, 4) is 33.8 Å². The van der Waals surface area contributed by atoms with E-state index in [1.807, 2.05) is 66.7 Å². The van der Waals surface area contributed by atoms with Crippen LogP contribution in [0.1, 0.15) is 80.0 Å². The van der Waals surface area contributed by atoms with E-state index in [4.69, 9.17) is 38.1 Å². The maximum atomic E-state index is 11.9. The van der Waals surface area contributed by atoms with E-state index in [0.717, 1.165) is 75.5 Å². The van der Waals surface area contributed by atoms with E-state index in [0.29, 0.717) is 67.2 Å². The molecule has 0 spiro atoms. The molecule has 2 saturated heterocycles. The van der Waals surface area contributed by atoms with Crippen molar-refractivity contribution < 1.29 is 19.1 Å². The standard InChI is InChI=1S/C47H56Cl2N6O4/c1-55(27-30-8-4-3-5-9-30)28-34-20-41(48)33(22-44(34)59-29-36-17-19-46(57)54-36)25-52-42-13-7-11-38(40(42)23-50)39-12-6-10-37(47(39)49)31-14-15-32(43(21-31)58-2)24-51-26-35-16-18-45(56)53-35/h6-7,10-15,20-23,30,35-36,50-52H,3-5,8-9,16-19,24-29H2,1-2H3,(H,53,56)(H,54,57). The Morgan fingerprint density at radius 3 is 2.27 bits per heavy atom. The van der Waals surface area contributed by atoms with Crippen molar-refractivity contribution in [3.63, 3.8) is 0 Å². The van der Waals surface area contributed by atoms with Crippen LogP contribution < -0.4 is 30.7 Å². The van der Waals surface area contributed by atoms with Crippen LogP contribution in [-0.2, 0) is 29.2 Å². The van der Waals surface area contributed by atoms with Crippen LogP contribution in [0.2, 0.25) is 10.0 Å². The van der Waals surface area contributed by atoms with Crippen molar-refractivity contribution in [1.82, 2.24) is 20.9 Å². The number of hydrogen-bond donors (Lipinski definition) is 5. The first kappa shape index (κ1) is 42.5. The third-order valence-corrected chi connectivity index (χ3v) is 12.6. The lowest BCUT2D eigenvalue weighted by Crippen LogP contribution is -2.35. The molecule has 4 aromatic carbocycles. The molecule has 312 valence electrons. The second kappa shape index (κ2) is 20.1. The largest absolute Gasteiger partial charge is 0.496 e. The molecule has 0 radical (unpaired) electrons. The highest BCUT2D eigenvalue weighted by Crippen LogP contribution is 2.40. The van der Waals surface area contributed by atoms with Gasteiger partial charge in [-0.1, -0.05) is 84.9 Å². The number of benzene rings is 4. The third kappa shape index (κ3) is 10.8. The number of ether oxygens (including phenoxy) is 2. The Balaban J connectivity index is 1.08. The van der Waals surface area contributed by atoms with Gasteiger partial charge < -0.3 is 41.1 Å². The molecule has 2 heterocycles. The van der Waals surface area contributed by atoms with Crippen LogP contribution in [0.25, 0.3) is 22.3 Å². The minimum Gasteiger partial charge on any atom is -0.496 e. The van der Waals surface area contributed by atoms with Gasteiger partial charge in [0.05, 0.1) is 18.2 Å². The quantitative estimate of drug-likeness (QED) is 0.0634. The predicted octanol–water partition coefficient (Wildman–Crippen LogP) is 8.98. The Kier molecular flexibility index (Phi) is 14.5. The van der Waals surface area contributed by atoms with Gasteiger partial charge in [-0.05, 0) is 79.6 Å². The van der Waals surface area contributed by atoms with E-state index in [2.05, 4.69) is 33.2 Å². The van der Waals surface area contributed by atoms with Crippen molar-refractivity contribution in [2.75, 3.05) is 39.2 Å². The van der Waals surface area contributed by atoms with Crippen LogP contribution in [0.5, 0.6) is 11.5 Å². The summed E-state index contributed by atoms with van der Waals surface area (Å²) >= 11 is 14.2. The van der Waals surface area contributed by atoms with E-state index in [-0.39, 0.29) is 23.9 Å². The number of hydrogen-bond acceptors (Lipinski definition) is 8. The molecule has 4 aromatic rings. The number of carbonyl (C=O) groups excluding carboxylic acids is 2. The van der Waals surface area contributed by atoms with Crippen LogP contribution in [0.4, 0.5) is 5.69 Å². The number of amides is 2. The van der Waals surface area contributed by atoms with E-state index < -0.39 is 0 Å². The fourth-order valence-corrected chi connectivity index (χ4v) is 9.31. The van der Waals surface area contributed by atoms with Crippen LogP contribution in [-0.4, -0.2) is 68.9 Å². The van der Waals surface area contributed by atoms with Gasteiger partial charge in [0.25, 0.3) is 0 Å². The van der Waals surface area contributed by atoms with E-state index in [1.54, 1.807) is 7.11 Å². The SMILES string of the molecule is COc1cc(-c2cccc(-c3cccc(NCc4cc(OCC5CCC(=O)N5)c(CN(C)CC5CCCCC5)cc4Cl)c3C=N)c2Cl)ccc1CNCC1CCC(=O)N1. The smallest absolute Gasteiger partial charge is 0.220 e. The van der Waals surface area contributed by atoms with Gasteiger partial charge in [0.2, 0.25) is 11.8 Å². The van der Waals surface area contributed by atoms with Crippen LogP contribution in [0.15, 0.2) is 66.7 Å². The van der Waals surface area contributed by atoms with Gasteiger partial charge in [-0.3, -0.25) is 9.59 Å². The highest BCUT2D eigenvalue weighted by atomic mass is 35.5. The average molecular weight is 840 g/mol. The number of nitrogens with one attached hydrogen (secondary N) is 5. The van der Waals surface area contributed by atoms with Gasteiger partial charge in [0.15, 0.2) is 0 Å². The van der Waals surface area contributed by atoms with Gasteiger partial charge in [0, 0.05) is 96.3 Å². The van der Waals surface area contributed by atoms with Crippen LogP contribution in [0, 0.1) is 11.3 Å². The molecular formula is C47H56Cl2N6O4. The molecule has 5 N–H and O–H groups in total. The summed E-state index contributed by atoms with van der Waals surface area (Å²) in [5.41, 5.74) is 7.79. The Labute approximate surface area is 358 Å². The third-order valence-electron chi connectivity index (χ3n) is 11.9. The lowest BCUT2D eigenvalue weighted by molar-refractivity contribution is -0.120. The fourth-order valence-electron chi connectivity index (χ4n) is 8.72. The highest BCUT2D eigenvalue weighted by molar-refractivity contribution is 6.36. The normalized spacial score (nSPS) is 18.2. The van der Waals surface area contributed by atoms with Gasteiger partial charge in [-0.15, -0.1) is 0 Å². The Bertz CT molecular complexity index is 2140. The minimum atomic E-state index is -0.0155. The lowest BCUT2D eigenvalue weighted by Gasteiger charge is -2.28. The van der Waals surface area contributed by atoms with Crippen molar-refractivity contribution in [3.05, 3.63) is 99.0 Å². The summed E-state index contributed by atoms with van der Waals surface area (Å²) in [5.74, 6) is 2.40. The number of nitrogens with zero attached hydrogens (tertiary/aromatic N) is 1. The van der Waals surface area contributed by atoms with E-state index in [1.165, 1.54) is 38.3 Å². The van der Waals surface area contributed by atoms with Crippen LogP contribution in [0.3, 0.4) is 0 Å². The summed E-state index contributed by atoms with van der Waals surface area (Å²) in [4.78, 5) is 25.9. The topological polar surface area (TPSA) is 128 Å². The first-order valence-corrected chi connectivity index (χ1v) is 21.7. The zero-order valence-corrected chi connectivity index (χ0v) is 35.6. The molecule has 1 saturated carbocycles. The first-order chi connectivity index (χ1) is 28.7. The van der Waals surface area contributed by atoms with Gasteiger partial charge in [-0.25, -0.2) is 0 Å². The highest BCUT2D eigenvalue weighted by Gasteiger charge is 2.24. The molecule has 0 bridgehead atoms. The van der Waals surface area contributed by atoms with Crippen molar-refractivity contribution in [2.45, 2.75) is 89.5 Å². The number of carbonyl (C=O) groups is 2. The summed E-state index contributed by atoms with van der Waals surface area (Å²) in [6.45, 7) is 3.86.